The summed E-state index contributed by atoms with van der Waals surface area (Å²) in [5, 5.41) is 2.91. The van der Waals surface area contributed by atoms with E-state index in [1.54, 1.807) is 0 Å². The van der Waals surface area contributed by atoms with Gasteiger partial charge >= 0.3 is 0 Å². The Kier molecular flexibility index (Phi) is 3.64. The molecule has 1 heterocycles. The Morgan fingerprint density at radius 1 is 1.28 bits per heavy atom. The summed E-state index contributed by atoms with van der Waals surface area (Å²) >= 11 is 0. The Balaban J connectivity index is 2.20. The average molecular weight is 252 g/mol. The van der Waals surface area contributed by atoms with E-state index in [1.165, 1.54) is 6.42 Å². The van der Waals surface area contributed by atoms with Crippen molar-refractivity contribution in [1.29, 1.82) is 0 Å². The monoisotopic (exact) mass is 252 g/mol. The normalized spacial score (nSPS) is 31.6. The van der Waals surface area contributed by atoms with Crippen LogP contribution in [0.5, 0.6) is 0 Å². The molecule has 2 atom stereocenters. The summed E-state index contributed by atoms with van der Waals surface area (Å²) in [6, 6.07) is 0.274. The van der Waals surface area contributed by atoms with Crippen molar-refractivity contribution >= 4 is 11.8 Å². The average Bonchev–Trinajstić information content (AvgIpc) is 2.78. The molecule has 0 aromatic heterocycles. The number of carbonyl (C=O) groups excluding carboxylic acids is 2. The van der Waals surface area contributed by atoms with Crippen LogP contribution in [-0.4, -0.2) is 34.8 Å². The fourth-order valence-electron chi connectivity index (χ4n) is 3.35. The number of piperazine rings is 1. The predicted octanol–water partition coefficient (Wildman–Crippen LogP) is 1.69. The molecule has 1 aliphatic heterocycles. The third kappa shape index (κ3) is 2.13. The van der Waals surface area contributed by atoms with Crippen LogP contribution < -0.4 is 5.32 Å². The maximum Gasteiger partial charge on any atom is 0.249 e. The molecule has 1 aliphatic carbocycles. The highest BCUT2D eigenvalue weighted by atomic mass is 16.2. The lowest BCUT2D eigenvalue weighted by atomic mass is 9.88. The first-order valence-electron chi connectivity index (χ1n) is 7.14. The molecule has 1 saturated carbocycles. The molecule has 0 radical (unpaired) electrons. The van der Waals surface area contributed by atoms with Crippen LogP contribution in [0.15, 0.2) is 0 Å². The van der Waals surface area contributed by atoms with Crippen LogP contribution in [0.1, 0.15) is 52.9 Å². The smallest absolute Gasteiger partial charge is 0.249 e. The number of nitrogens with zero attached hydrogens (tertiary/aromatic N) is 1. The quantitative estimate of drug-likeness (QED) is 0.831. The van der Waals surface area contributed by atoms with Gasteiger partial charge in [0.15, 0.2) is 0 Å². The van der Waals surface area contributed by atoms with Crippen molar-refractivity contribution in [1.82, 2.24) is 10.2 Å². The number of hydrogen-bond donors (Lipinski definition) is 1. The Morgan fingerprint density at radius 2 is 1.94 bits per heavy atom. The lowest BCUT2D eigenvalue weighted by Crippen LogP contribution is -2.67. The first-order valence-corrected chi connectivity index (χ1v) is 7.14. The van der Waals surface area contributed by atoms with E-state index in [0.29, 0.717) is 18.8 Å². The number of rotatable bonds is 3. The predicted molar refractivity (Wildman–Crippen MR) is 70.0 cm³/mol. The topological polar surface area (TPSA) is 49.4 Å². The van der Waals surface area contributed by atoms with E-state index >= 15 is 0 Å². The molecule has 0 aromatic rings. The molecule has 4 heteroatoms. The molecular formula is C14H24N2O2. The van der Waals surface area contributed by atoms with Crippen LogP contribution in [0.25, 0.3) is 0 Å². The van der Waals surface area contributed by atoms with Crippen LogP contribution in [0.4, 0.5) is 0 Å². The van der Waals surface area contributed by atoms with Gasteiger partial charge in [-0.3, -0.25) is 9.59 Å². The minimum atomic E-state index is -0.652. The van der Waals surface area contributed by atoms with Gasteiger partial charge in [0, 0.05) is 6.04 Å². The highest BCUT2D eigenvalue weighted by molar-refractivity contribution is 5.98. The Labute approximate surface area is 109 Å². The standard InChI is InChI=1S/C14H24N2O2/c1-4-14(5-2)13(18)16(9-12(17)15-14)11-7-6-10(3)8-11/h10-11H,4-9H2,1-3H3,(H,15,17). The van der Waals surface area contributed by atoms with E-state index in [0.717, 1.165) is 12.8 Å². The molecule has 1 saturated heterocycles. The van der Waals surface area contributed by atoms with E-state index in [2.05, 4.69) is 12.2 Å². The van der Waals surface area contributed by atoms with Crippen molar-refractivity contribution in [3.8, 4) is 0 Å². The van der Waals surface area contributed by atoms with Crippen molar-refractivity contribution < 1.29 is 9.59 Å². The highest BCUT2D eigenvalue weighted by Gasteiger charge is 2.46. The first kappa shape index (κ1) is 13.4. The molecule has 2 unspecified atom stereocenters. The number of nitrogens with one attached hydrogen (secondary N) is 1. The molecule has 18 heavy (non-hydrogen) atoms. The molecule has 102 valence electrons. The second-order valence-electron chi connectivity index (χ2n) is 5.84. The summed E-state index contributed by atoms with van der Waals surface area (Å²) in [7, 11) is 0. The highest BCUT2D eigenvalue weighted by Crippen LogP contribution is 2.32. The van der Waals surface area contributed by atoms with Gasteiger partial charge in [0.1, 0.15) is 5.54 Å². The fraction of sp³-hybridized carbons (Fsp3) is 0.857. The van der Waals surface area contributed by atoms with Crippen LogP contribution >= 0.6 is 0 Å². The fourth-order valence-corrected chi connectivity index (χ4v) is 3.35. The van der Waals surface area contributed by atoms with E-state index < -0.39 is 5.54 Å². The summed E-state index contributed by atoms with van der Waals surface area (Å²) < 4.78 is 0. The lowest BCUT2D eigenvalue weighted by Gasteiger charge is -2.43. The van der Waals surface area contributed by atoms with Crippen molar-refractivity contribution in [2.75, 3.05) is 6.54 Å². The minimum absolute atomic E-state index is 0.00199. The van der Waals surface area contributed by atoms with E-state index in [1.807, 2.05) is 18.7 Å². The Bertz CT molecular complexity index is 350. The van der Waals surface area contributed by atoms with Gasteiger partial charge in [-0.2, -0.15) is 0 Å². The van der Waals surface area contributed by atoms with Crippen LogP contribution in [0.2, 0.25) is 0 Å². The second-order valence-corrected chi connectivity index (χ2v) is 5.84. The molecule has 2 fully saturated rings. The number of hydrogen-bond acceptors (Lipinski definition) is 2. The SMILES string of the molecule is CCC1(CC)NC(=O)CN(C2CCC(C)C2)C1=O. The maximum absolute atomic E-state index is 12.7. The van der Waals surface area contributed by atoms with Crippen molar-refractivity contribution in [2.24, 2.45) is 5.92 Å². The number of carbonyl (C=O) groups is 2. The molecule has 0 aromatic carbocycles. The summed E-state index contributed by atoms with van der Waals surface area (Å²) in [5.74, 6) is 0.800. The van der Waals surface area contributed by atoms with Crippen LogP contribution in [0, 0.1) is 5.92 Å². The zero-order valence-corrected chi connectivity index (χ0v) is 11.7. The molecule has 2 aliphatic rings. The Morgan fingerprint density at radius 3 is 2.44 bits per heavy atom. The van der Waals surface area contributed by atoms with Crippen molar-refractivity contribution in [3.05, 3.63) is 0 Å². The van der Waals surface area contributed by atoms with E-state index in [4.69, 9.17) is 0 Å². The summed E-state index contributed by atoms with van der Waals surface area (Å²) in [6.07, 6.45) is 4.60. The van der Waals surface area contributed by atoms with Gasteiger partial charge in [0.2, 0.25) is 11.8 Å². The van der Waals surface area contributed by atoms with E-state index in [-0.39, 0.29) is 24.4 Å². The van der Waals surface area contributed by atoms with Gasteiger partial charge in [-0.15, -0.1) is 0 Å². The van der Waals surface area contributed by atoms with Gasteiger partial charge in [-0.05, 0) is 38.0 Å². The zero-order valence-electron chi connectivity index (χ0n) is 11.7. The molecule has 0 spiro atoms. The van der Waals surface area contributed by atoms with Gasteiger partial charge in [0.05, 0.1) is 6.54 Å². The first-order chi connectivity index (χ1) is 8.52. The van der Waals surface area contributed by atoms with Gasteiger partial charge in [0.25, 0.3) is 0 Å². The largest absolute Gasteiger partial charge is 0.340 e. The molecule has 1 N–H and O–H groups in total. The summed E-state index contributed by atoms with van der Waals surface area (Å²) in [5.41, 5.74) is -0.652. The van der Waals surface area contributed by atoms with Gasteiger partial charge < -0.3 is 10.2 Å². The molecular weight excluding hydrogens is 228 g/mol. The maximum atomic E-state index is 12.7. The zero-order chi connectivity index (χ0) is 13.3. The van der Waals surface area contributed by atoms with E-state index in [9.17, 15) is 9.59 Å². The second kappa shape index (κ2) is 4.90. The summed E-state index contributed by atoms with van der Waals surface area (Å²) in [4.78, 5) is 26.4. The lowest BCUT2D eigenvalue weighted by molar-refractivity contribution is -0.152. The van der Waals surface area contributed by atoms with Gasteiger partial charge in [-0.1, -0.05) is 20.8 Å². The Hall–Kier alpha value is -1.06. The minimum Gasteiger partial charge on any atom is -0.340 e. The van der Waals surface area contributed by atoms with Crippen molar-refractivity contribution in [2.45, 2.75) is 64.5 Å². The van der Waals surface area contributed by atoms with Crippen molar-refractivity contribution in [3.63, 3.8) is 0 Å². The number of amides is 2. The molecule has 2 amide bonds. The molecule has 4 nitrogen and oxygen atoms in total. The molecule has 2 rings (SSSR count). The third-order valence-electron chi connectivity index (χ3n) is 4.68. The molecule has 0 bridgehead atoms. The van der Waals surface area contributed by atoms with Crippen LogP contribution in [-0.2, 0) is 9.59 Å². The third-order valence-corrected chi connectivity index (χ3v) is 4.68. The van der Waals surface area contributed by atoms with Crippen LogP contribution in [0.3, 0.4) is 0 Å². The van der Waals surface area contributed by atoms with Gasteiger partial charge in [-0.25, -0.2) is 0 Å². The summed E-state index contributed by atoms with van der Waals surface area (Å²) in [6.45, 7) is 6.42.